The normalized spacial score (nSPS) is 9.45. The van der Waals surface area contributed by atoms with Crippen LogP contribution in [0.5, 0.6) is 0 Å². The maximum absolute atomic E-state index is 5.05. The summed E-state index contributed by atoms with van der Waals surface area (Å²) in [5.41, 5.74) is 2.20. The Morgan fingerprint density at radius 3 is 1.24 bits per heavy atom. The zero-order valence-electron chi connectivity index (χ0n) is 17.3. The van der Waals surface area contributed by atoms with Crippen LogP contribution in [0.15, 0.2) is 60.7 Å². The molecule has 0 saturated carbocycles. The minimum absolute atomic E-state index is 0. The maximum Gasteiger partial charge on any atom is 2.00 e. The Hall–Kier alpha value is -0.717. The Bertz CT molecular complexity index is 637. The molecule has 0 N–H and O–H groups in total. The standard InChI is InChI=1S/2C11H15NS2.Zn/c2*1-2-3-9-12(11(13)14)10-7-5-4-6-8-10;/h2*4-8H,2-3,9H2,1H3,(H,13,14);/q;;+2/p-2. The van der Waals surface area contributed by atoms with E-state index in [2.05, 4.69) is 13.8 Å². The monoisotopic (exact) mass is 512 g/mol. The van der Waals surface area contributed by atoms with Gasteiger partial charge in [-0.05, 0) is 37.1 Å². The van der Waals surface area contributed by atoms with Crippen molar-refractivity contribution < 1.29 is 19.5 Å². The van der Waals surface area contributed by atoms with Gasteiger partial charge < -0.3 is 59.5 Å². The molecule has 2 rings (SSSR count). The summed E-state index contributed by atoms with van der Waals surface area (Å²) in [6.45, 7) is 6.16. The number of nitrogens with zero attached hydrogens (tertiary/aromatic N) is 2. The summed E-state index contributed by atoms with van der Waals surface area (Å²) >= 11 is 20.2. The first-order valence-electron chi connectivity index (χ1n) is 9.58. The van der Waals surface area contributed by atoms with Crippen molar-refractivity contribution in [3.05, 3.63) is 60.7 Å². The maximum atomic E-state index is 5.05. The largest absolute Gasteiger partial charge is 2.00 e. The van der Waals surface area contributed by atoms with Crippen molar-refractivity contribution in [2.45, 2.75) is 39.5 Å². The topological polar surface area (TPSA) is 6.48 Å². The summed E-state index contributed by atoms with van der Waals surface area (Å²) < 4.78 is 1.06. The third kappa shape index (κ3) is 11.3. The number of rotatable bonds is 8. The third-order valence-electron chi connectivity index (χ3n) is 4.05. The van der Waals surface area contributed by atoms with E-state index >= 15 is 0 Å². The molecule has 0 spiro atoms. The van der Waals surface area contributed by atoms with Crippen molar-refractivity contribution in [3.8, 4) is 0 Å². The molecule has 152 valence electrons. The molecule has 0 aliphatic heterocycles. The Balaban J connectivity index is 0.000000523. The molecule has 2 nitrogen and oxygen atoms in total. The first kappa shape index (κ1) is 28.3. The molecule has 0 radical (unpaired) electrons. The van der Waals surface area contributed by atoms with Crippen LogP contribution in [0.25, 0.3) is 0 Å². The van der Waals surface area contributed by atoms with Crippen molar-refractivity contribution in [1.29, 1.82) is 0 Å². The van der Waals surface area contributed by atoms with E-state index in [-0.39, 0.29) is 19.5 Å². The molecule has 0 bridgehead atoms. The van der Waals surface area contributed by atoms with Crippen LogP contribution in [0, 0.1) is 0 Å². The van der Waals surface area contributed by atoms with Crippen LogP contribution in [-0.2, 0) is 44.7 Å². The van der Waals surface area contributed by atoms with Crippen LogP contribution in [0.4, 0.5) is 11.4 Å². The summed E-state index contributed by atoms with van der Waals surface area (Å²) in [5, 5.41) is 0. The van der Waals surface area contributed by atoms with Crippen LogP contribution in [0.1, 0.15) is 39.5 Å². The summed E-state index contributed by atoms with van der Waals surface area (Å²) in [7, 11) is 0. The Morgan fingerprint density at radius 2 is 1.00 bits per heavy atom. The van der Waals surface area contributed by atoms with Gasteiger partial charge >= 0.3 is 19.5 Å². The van der Waals surface area contributed by atoms with Gasteiger partial charge in [0, 0.05) is 24.5 Å². The Kier molecular flexibility index (Phi) is 16.6. The van der Waals surface area contributed by atoms with E-state index in [0.717, 1.165) is 50.1 Å². The van der Waals surface area contributed by atoms with Crippen LogP contribution in [0.2, 0.25) is 0 Å². The molecule has 29 heavy (non-hydrogen) atoms. The van der Waals surface area contributed by atoms with E-state index in [1.807, 2.05) is 70.5 Å². The molecule has 0 atom stereocenters. The van der Waals surface area contributed by atoms with Crippen molar-refractivity contribution >= 4 is 69.7 Å². The van der Waals surface area contributed by atoms with Crippen LogP contribution >= 0.6 is 24.4 Å². The number of unbranched alkanes of at least 4 members (excludes halogenated alkanes) is 2. The predicted molar refractivity (Wildman–Crippen MR) is 137 cm³/mol. The van der Waals surface area contributed by atoms with Gasteiger partial charge in [-0.1, -0.05) is 71.7 Å². The fourth-order valence-corrected chi connectivity index (χ4v) is 3.29. The van der Waals surface area contributed by atoms with Gasteiger partial charge in [-0.2, -0.15) is 0 Å². The molecular weight excluding hydrogens is 486 g/mol. The molecule has 0 fully saturated rings. The van der Waals surface area contributed by atoms with Crippen LogP contribution in [0.3, 0.4) is 0 Å². The molecule has 0 unspecified atom stereocenters. The SMILES string of the molecule is CCCCN(C(=S)[S-])c1ccccc1.CCCCN(C(=S)[S-])c1ccccc1.[Zn+2]. The van der Waals surface area contributed by atoms with Gasteiger partial charge in [0.25, 0.3) is 0 Å². The van der Waals surface area contributed by atoms with Gasteiger partial charge in [-0.25, -0.2) is 0 Å². The number of hydrogen-bond donors (Lipinski definition) is 0. The van der Waals surface area contributed by atoms with E-state index in [9.17, 15) is 0 Å². The number of thiocarbonyl (C=S) groups is 2. The van der Waals surface area contributed by atoms with Crippen LogP contribution in [-0.4, -0.2) is 21.7 Å². The number of para-hydroxylation sites is 2. The minimum atomic E-state index is 0. The molecule has 0 aliphatic carbocycles. The smallest absolute Gasteiger partial charge is 0.411 e. The van der Waals surface area contributed by atoms with Gasteiger partial charge in [0.05, 0.1) is 0 Å². The van der Waals surface area contributed by atoms with Gasteiger partial charge in [-0.15, -0.1) is 0 Å². The average molecular weight is 514 g/mol. The fraction of sp³-hybridized carbons (Fsp3) is 0.364. The summed E-state index contributed by atoms with van der Waals surface area (Å²) in [4.78, 5) is 4.02. The Labute approximate surface area is 211 Å². The summed E-state index contributed by atoms with van der Waals surface area (Å²) in [5.74, 6) is 0. The zero-order chi connectivity index (χ0) is 20.8. The molecule has 0 amide bonds. The second kappa shape index (κ2) is 17.0. The van der Waals surface area contributed by atoms with Crippen LogP contribution < -0.4 is 9.80 Å². The van der Waals surface area contributed by atoms with Crippen molar-refractivity contribution in [2.75, 3.05) is 22.9 Å². The number of anilines is 2. The summed E-state index contributed by atoms with van der Waals surface area (Å²) in [6.07, 6.45) is 4.54. The molecule has 0 aromatic heterocycles. The fourth-order valence-electron chi connectivity index (χ4n) is 2.50. The summed E-state index contributed by atoms with van der Waals surface area (Å²) in [6, 6.07) is 20.1. The molecule has 2 aromatic rings. The Morgan fingerprint density at radius 1 is 0.690 bits per heavy atom. The second-order valence-corrected chi connectivity index (χ2v) is 8.28. The van der Waals surface area contributed by atoms with E-state index in [1.165, 1.54) is 0 Å². The predicted octanol–water partition coefficient (Wildman–Crippen LogP) is 6.25. The van der Waals surface area contributed by atoms with Crippen molar-refractivity contribution in [2.24, 2.45) is 0 Å². The molecule has 0 saturated heterocycles. The second-order valence-electron chi connectivity index (χ2n) is 6.21. The minimum Gasteiger partial charge on any atom is -0.411 e. The molecule has 0 aliphatic rings. The van der Waals surface area contributed by atoms with Crippen molar-refractivity contribution in [1.82, 2.24) is 0 Å². The first-order chi connectivity index (χ1) is 13.5. The van der Waals surface area contributed by atoms with Gasteiger partial charge in [0.15, 0.2) is 0 Å². The molecular formula is C22H28N2S4Zn. The molecule has 7 heteroatoms. The van der Waals surface area contributed by atoms with E-state index in [0.29, 0.717) is 8.64 Å². The average Bonchev–Trinajstić information content (AvgIpc) is 2.70. The third-order valence-corrected chi connectivity index (χ3v) is 4.93. The zero-order valence-corrected chi connectivity index (χ0v) is 23.5. The molecule has 2 aromatic carbocycles. The van der Waals surface area contributed by atoms with Crippen molar-refractivity contribution in [3.63, 3.8) is 0 Å². The van der Waals surface area contributed by atoms with E-state index < -0.39 is 0 Å². The number of hydrogen-bond acceptors (Lipinski definition) is 4. The van der Waals surface area contributed by atoms with E-state index in [1.54, 1.807) is 0 Å². The van der Waals surface area contributed by atoms with Gasteiger partial charge in [0.2, 0.25) is 0 Å². The van der Waals surface area contributed by atoms with Gasteiger partial charge in [-0.3, -0.25) is 0 Å². The quantitative estimate of drug-likeness (QED) is 0.232. The molecule has 0 heterocycles. The first-order valence-corrected chi connectivity index (χ1v) is 11.2. The van der Waals surface area contributed by atoms with Gasteiger partial charge in [0.1, 0.15) is 0 Å². The number of benzene rings is 2. The van der Waals surface area contributed by atoms with E-state index in [4.69, 9.17) is 49.7 Å².